The van der Waals surface area contributed by atoms with Crippen molar-refractivity contribution in [3.05, 3.63) is 23.4 Å². The highest BCUT2D eigenvalue weighted by molar-refractivity contribution is 7.08. The molecule has 2 atom stereocenters. The summed E-state index contributed by atoms with van der Waals surface area (Å²) in [6.45, 7) is 8.07. The van der Waals surface area contributed by atoms with Crippen LogP contribution in [0, 0.1) is 24.2 Å². The molecule has 0 aliphatic rings. The molecule has 3 heterocycles. The Balaban J connectivity index is 2.04. The number of azo groups is 1. The lowest BCUT2D eigenvalue weighted by atomic mass is 10.1. The van der Waals surface area contributed by atoms with Gasteiger partial charge in [0.15, 0.2) is 17.3 Å². The molecule has 0 saturated heterocycles. The van der Waals surface area contributed by atoms with Gasteiger partial charge in [0.05, 0.1) is 12.8 Å². The number of hydrogen-bond donors (Lipinski definition) is 2. The molecule has 2 N–H and O–H groups in total. The van der Waals surface area contributed by atoms with Gasteiger partial charge in [-0.1, -0.05) is 6.92 Å². The van der Waals surface area contributed by atoms with Crippen molar-refractivity contribution in [1.82, 2.24) is 29.1 Å². The Morgan fingerprint density at radius 2 is 1.85 bits per heavy atom. The lowest BCUT2D eigenvalue weighted by molar-refractivity contribution is 0.159. The fraction of sp³-hybridized carbons (Fsp3) is 0.583. The Kier molecular flexibility index (Phi) is 11.6. The molecule has 210 valence electrons. The highest BCUT2D eigenvalue weighted by Gasteiger charge is 2.19. The highest BCUT2D eigenvalue weighted by Crippen LogP contribution is 2.34. The number of ether oxygens (including phenoxy) is 3. The number of aromatic nitrogens is 6. The summed E-state index contributed by atoms with van der Waals surface area (Å²) in [6, 6.07) is 2.04. The molecular formula is C24H35N11O3S. The van der Waals surface area contributed by atoms with Gasteiger partial charge >= 0.3 is 0 Å². The van der Waals surface area contributed by atoms with Gasteiger partial charge in [-0.25, -0.2) is 19.6 Å². The summed E-state index contributed by atoms with van der Waals surface area (Å²) in [7, 11) is 4.97. The van der Waals surface area contributed by atoms with Crippen molar-refractivity contribution in [2.75, 3.05) is 58.3 Å². The van der Waals surface area contributed by atoms with Crippen LogP contribution in [0.15, 0.2) is 16.4 Å². The molecule has 39 heavy (non-hydrogen) atoms. The maximum Gasteiger partial charge on any atom is 0.230 e. The van der Waals surface area contributed by atoms with E-state index in [4.69, 9.17) is 24.2 Å². The van der Waals surface area contributed by atoms with Crippen LogP contribution in [0.25, 0.3) is 5.13 Å². The van der Waals surface area contributed by atoms with Crippen LogP contribution in [0.4, 0.5) is 23.1 Å². The zero-order valence-corrected chi connectivity index (χ0v) is 23.9. The number of nitrogens with one attached hydrogen (secondary N) is 2. The number of anilines is 2. The maximum absolute atomic E-state index is 9.68. The minimum Gasteiger partial charge on any atom is -0.385 e. The van der Waals surface area contributed by atoms with E-state index in [9.17, 15) is 5.26 Å². The van der Waals surface area contributed by atoms with Gasteiger partial charge in [-0.15, -0.1) is 15.3 Å². The van der Waals surface area contributed by atoms with Gasteiger partial charge in [-0.3, -0.25) is 0 Å². The fourth-order valence-corrected chi connectivity index (χ4v) is 4.21. The van der Waals surface area contributed by atoms with E-state index in [0.29, 0.717) is 66.9 Å². The average Bonchev–Trinajstić information content (AvgIpc) is 3.52. The lowest BCUT2D eigenvalue weighted by Gasteiger charge is -2.19. The topological polar surface area (TPSA) is 170 Å². The first kappa shape index (κ1) is 30.0. The van der Waals surface area contributed by atoms with Crippen LogP contribution in [-0.2, 0) is 20.6 Å². The van der Waals surface area contributed by atoms with E-state index in [2.05, 4.69) is 48.3 Å². The average molecular weight is 558 g/mol. The molecule has 2 unspecified atom stereocenters. The first-order valence-corrected chi connectivity index (χ1v) is 13.3. The number of hydrogen-bond acceptors (Lipinski definition) is 14. The molecule has 15 heteroatoms. The van der Waals surface area contributed by atoms with Crippen molar-refractivity contribution in [2.24, 2.45) is 16.1 Å². The predicted octanol–water partition coefficient (Wildman–Crippen LogP) is 3.83. The Hall–Kier alpha value is -3.58. The molecule has 0 spiro atoms. The summed E-state index contributed by atoms with van der Waals surface area (Å²) in [6.07, 6.45) is 2.92. The number of methoxy groups -OCH3 is 3. The smallest absolute Gasteiger partial charge is 0.230 e. The van der Waals surface area contributed by atoms with Gasteiger partial charge in [0, 0.05) is 65.1 Å². The third-order valence-electron chi connectivity index (χ3n) is 5.30. The van der Waals surface area contributed by atoms with Crippen LogP contribution < -0.4 is 10.6 Å². The number of rotatable bonds is 16. The van der Waals surface area contributed by atoms with Gasteiger partial charge in [0.25, 0.3) is 0 Å². The van der Waals surface area contributed by atoms with E-state index < -0.39 is 0 Å². The van der Waals surface area contributed by atoms with E-state index >= 15 is 0 Å². The Bertz CT molecular complexity index is 1270. The third-order valence-corrected chi connectivity index (χ3v) is 6.10. The molecule has 3 aromatic rings. The van der Waals surface area contributed by atoms with Crippen molar-refractivity contribution in [1.29, 1.82) is 5.26 Å². The van der Waals surface area contributed by atoms with Crippen LogP contribution in [0.3, 0.4) is 0 Å². The van der Waals surface area contributed by atoms with Gasteiger partial charge < -0.3 is 24.8 Å². The molecular weight excluding hydrogens is 522 g/mol. The zero-order valence-electron chi connectivity index (χ0n) is 23.1. The van der Waals surface area contributed by atoms with Crippen molar-refractivity contribution in [2.45, 2.75) is 39.7 Å². The molecule has 0 bridgehead atoms. The lowest BCUT2D eigenvalue weighted by Crippen LogP contribution is -2.23. The van der Waals surface area contributed by atoms with Crippen molar-refractivity contribution in [3.63, 3.8) is 0 Å². The monoisotopic (exact) mass is 557 g/mol. The molecule has 0 fully saturated rings. The molecule has 0 aliphatic carbocycles. The predicted molar refractivity (Wildman–Crippen MR) is 147 cm³/mol. The van der Waals surface area contributed by atoms with Crippen molar-refractivity contribution < 1.29 is 14.2 Å². The zero-order chi connectivity index (χ0) is 28.2. The summed E-state index contributed by atoms with van der Waals surface area (Å²) < 4.78 is 21.4. The molecule has 0 aromatic carbocycles. The fourth-order valence-electron chi connectivity index (χ4n) is 3.61. The first-order valence-electron chi connectivity index (χ1n) is 12.5. The van der Waals surface area contributed by atoms with Crippen molar-refractivity contribution >= 4 is 34.7 Å². The van der Waals surface area contributed by atoms with Crippen LogP contribution >= 0.6 is 11.5 Å². The van der Waals surface area contributed by atoms with E-state index in [1.165, 1.54) is 16.2 Å². The quantitative estimate of drug-likeness (QED) is 0.194. The second-order valence-corrected chi connectivity index (χ2v) is 9.70. The normalized spacial score (nSPS) is 12.9. The SMILES string of the molecule is COCCCNc1nc(CC(C)COC)nc(NC(C)COC)c1N=Nc1nn(-c2nc(C)ns2)cc1C#N. The van der Waals surface area contributed by atoms with E-state index in [0.717, 1.165) is 6.42 Å². The Morgan fingerprint density at radius 3 is 2.51 bits per heavy atom. The van der Waals surface area contributed by atoms with Crippen LogP contribution in [-0.4, -0.2) is 82.8 Å². The molecule has 3 rings (SSSR count). The summed E-state index contributed by atoms with van der Waals surface area (Å²) in [4.78, 5) is 13.9. The maximum atomic E-state index is 9.68. The summed E-state index contributed by atoms with van der Waals surface area (Å²) in [5.74, 6) is 2.60. The molecule has 14 nitrogen and oxygen atoms in total. The summed E-state index contributed by atoms with van der Waals surface area (Å²) in [5, 5.41) is 30.1. The van der Waals surface area contributed by atoms with Gasteiger partial charge in [-0.05, 0) is 26.2 Å². The minimum atomic E-state index is -0.0704. The largest absolute Gasteiger partial charge is 0.385 e. The van der Waals surface area contributed by atoms with E-state index in [1.807, 2.05) is 6.92 Å². The first-order chi connectivity index (χ1) is 18.9. The van der Waals surface area contributed by atoms with Gasteiger partial charge in [0.1, 0.15) is 23.3 Å². The second-order valence-electron chi connectivity index (χ2n) is 8.97. The Morgan fingerprint density at radius 1 is 1.08 bits per heavy atom. The van der Waals surface area contributed by atoms with Crippen LogP contribution in [0.5, 0.6) is 0 Å². The Labute approximate surface area is 232 Å². The van der Waals surface area contributed by atoms with Crippen molar-refractivity contribution in [3.8, 4) is 11.2 Å². The van der Waals surface area contributed by atoms with Crippen LogP contribution in [0.1, 0.15) is 37.5 Å². The molecule has 0 aliphatic heterocycles. The summed E-state index contributed by atoms with van der Waals surface area (Å²) >= 11 is 1.18. The van der Waals surface area contributed by atoms with Gasteiger partial charge in [0.2, 0.25) is 10.9 Å². The van der Waals surface area contributed by atoms with E-state index in [-0.39, 0.29) is 23.3 Å². The number of nitriles is 1. The second kappa shape index (κ2) is 15.1. The third kappa shape index (κ3) is 8.72. The molecule has 0 saturated carbocycles. The summed E-state index contributed by atoms with van der Waals surface area (Å²) in [5.41, 5.74) is 0.637. The highest BCUT2D eigenvalue weighted by atomic mass is 32.1. The molecule has 3 aromatic heterocycles. The number of nitrogens with zero attached hydrogens (tertiary/aromatic N) is 9. The molecule has 0 radical (unpaired) electrons. The number of aryl methyl sites for hydroxylation is 1. The minimum absolute atomic E-state index is 0.0704. The van der Waals surface area contributed by atoms with E-state index in [1.54, 1.807) is 34.4 Å². The standard InChI is InChI=1S/C24H35N11O3S/c1-15(13-37-5)10-19-29-22(26-8-7-9-36-4)20(23(30-19)27-16(2)14-38-6)31-32-21-18(11-25)12-35(33-21)24-28-17(3)34-39-24/h12,15-16H,7-10,13-14H2,1-6H3,(H2,26,27,29,30). The molecule has 0 amide bonds. The van der Waals surface area contributed by atoms with Gasteiger partial charge in [-0.2, -0.15) is 9.64 Å². The van der Waals surface area contributed by atoms with Crippen LogP contribution in [0.2, 0.25) is 0 Å².